The minimum Gasteiger partial charge on any atom is -0.508 e. The van der Waals surface area contributed by atoms with Crippen LogP contribution in [0, 0.1) is 0 Å². The highest BCUT2D eigenvalue weighted by Crippen LogP contribution is 2.38. The molecule has 0 amide bonds. The normalized spacial score (nSPS) is 10.9. The van der Waals surface area contributed by atoms with Crippen molar-refractivity contribution < 1.29 is 10.2 Å². The molecule has 0 unspecified atom stereocenters. The van der Waals surface area contributed by atoms with Crippen LogP contribution in [0.25, 0.3) is 66.8 Å². The minimum atomic E-state index is 0.266. The topological polar surface area (TPSA) is 43.7 Å². The van der Waals surface area contributed by atoms with Crippen molar-refractivity contribution in [3.8, 4) is 78.3 Å². The van der Waals surface area contributed by atoms with Gasteiger partial charge < -0.3 is 15.1 Å². The van der Waals surface area contributed by atoms with Gasteiger partial charge in [-0.1, -0.05) is 164 Å². The van der Waals surface area contributed by atoms with Crippen LogP contribution in [0.5, 0.6) is 11.5 Å². The Morgan fingerprint density at radius 2 is 0.368 bits per heavy atom. The van der Waals surface area contributed by atoms with Crippen LogP contribution in [0.1, 0.15) is 0 Å². The second kappa shape index (κ2) is 15.6. The first-order chi connectivity index (χ1) is 28.0. The summed E-state index contributed by atoms with van der Waals surface area (Å²) in [6.45, 7) is 0. The number of aromatic hydroxyl groups is 2. The summed E-state index contributed by atoms with van der Waals surface area (Å²) in [5.74, 6) is 0.533. The molecule has 0 radical (unpaired) electrons. The van der Waals surface area contributed by atoms with Crippen LogP contribution in [0.15, 0.2) is 224 Å². The summed E-state index contributed by atoms with van der Waals surface area (Å²) < 4.78 is 0. The van der Waals surface area contributed by atoms with Crippen molar-refractivity contribution >= 4 is 17.1 Å². The van der Waals surface area contributed by atoms with Crippen molar-refractivity contribution in [2.45, 2.75) is 0 Å². The van der Waals surface area contributed by atoms with E-state index >= 15 is 0 Å². The molecule has 0 bridgehead atoms. The predicted molar refractivity (Wildman–Crippen MR) is 237 cm³/mol. The van der Waals surface area contributed by atoms with Gasteiger partial charge in [-0.15, -0.1) is 0 Å². The first-order valence-corrected chi connectivity index (χ1v) is 19.1. The number of phenols is 2. The van der Waals surface area contributed by atoms with E-state index in [4.69, 9.17) is 0 Å². The van der Waals surface area contributed by atoms with E-state index < -0.39 is 0 Å². The first kappa shape index (κ1) is 35.1. The molecule has 0 saturated heterocycles. The van der Waals surface area contributed by atoms with Crippen LogP contribution in [0.2, 0.25) is 0 Å². The van der Waals surface area contributed by atoms with Gasteiger partial charge in [0.15, 0.2) is 0 Å². The third kappa shape index (κ3) is 7.68. The quantitative estimate of drug-likeness (QED) is 0.155. The van der Waals surface area contributed by atoms with Crippen molar-refractivity contribution in [3.63, 3.8) is 0 Å². The monoisotopic (exact) mass is 733 g/mol. The molecule has 57 heavy (non-hydrogen) atoms. The van der Waals surface area contributed by atoms with Crippen LogP contribution in [-0.2, 0) is 0 Å². The van der Waals surface area contributed by atoms with Gasteiger partial charge in [0.25, 0.3) is 0 Å². The maximum Gasteiger partial charge on any atom is 0.115 e. The summed E-state index contributed by atoms with van der Waals surface area (Å²) in [6, 6.07) is 77.3. The third-order valence-corrected chi connectivity index (χ3v) is 10.5. The molecule has 0 spiro atoms. The average Bonchev–Trinajstić information content (AvgIpc) is 3.28. The fraction of sp³-hybridized carbons (Fsp3) is 0. The largest absolute Gasteiger partial charge is 0.508 e. The zero-order valence-electron chi connectivity index (χ0n) is 31.2. The van der Waals surface area contributed by atoms with E-state index in [0.29, 0.717) is 0 Å². The van der Waals surface area contributed by atoms with Gasteiger partial charge in [-0.2, -0.15) is 0 Å². The van der Waals surface area contributed by atoms with Gasteiger partial charge in [0.05, 0.1) is 0 Å². The molecule has 0 aromatic heterocycles. The van der Waals surface area contributed by atoms with E-state index in [9.17, 15) is 10.2 Å². The molecule has 9 rings (SSSR count). The van der Waals surface area contributed by atoms with Crippen LogP contribution in [-0.4, -0.2) is 10.2 Å². The molecule has 272 valence electrons. The van der Waals surface area contributed by atoms with Crippen LogP contribution in [0.4, 0.5) is 17.1 Å². The molecule has 3 nitrogen and oxygen atoms in total. The number of benzene rings is 9. The van der Waals surface area contributed by atoms with Crippen LogP contribution in [0.3, 0.4) is 0 Å². The lowest BCUT2D eigenvalue weighted by atomic mass is 9.99. The van der Waals surface area contributed by atoms with E-state index in [0.717, 1.165) is 67.1 Å². The Bertz CT molecular complexity index is 2570. The van der Waals surface area contributed by atoms with Crippen molar-refractivity contribution in [1.29, 1.82) is 0 Å². The first-order valence-electron chi connectivity index (χ1n) is 19.1. The van der Waals surface area contributed by atoms with E-state index in [1.807, 2.05) is 30.3 Å². The molecule has 0 saturated carbocycles. The maximum absolute atomic E-state index is 9.70. The molecular formula is C54H39NO2. The summed E-state index contributed by atoms with van der Waals surface area (Å²) in [4.78, 5) is 2.30. The Labute approximate surface area is 333 Å². The molecule has 0 aliphatic heterocycles. The highest BCUT2D eigenvalue weighted by molar-refractivity contribution is 5.82. The molecule has 3 heteroatoms. The second-order valence-electron chi connectivity index (χ2n) is 14.2. The van der Waals surface area contributed by atoms with Gasteiger partial charge in [-0.3, -0.25) is 0 Å². The Hall–Kier alpha value is -7.62. The Morgan fingerprint density at radius 3 is 0.596 bits per heavy atom. The number of hydrogen-bond donors (Lipinski definition) is 2. The lowest BCUT2D eigenvalue weighted by Crippen LogP contribution is -2.09. The van der Waals surface area contributed by atoms with E-state index in [-0.39, 0.29) is 11.5 Å². The second-order valence-corrected chi connectivity index (χ2v) is 14.2. The molecule has 0 aliphatic carbocycles. The summed E-state index contributed by atoms with van der Waals surface area (Å²) in [6.07, 6.45) is 0. The molecule has 9 aromatic carbocycles. The van der Waals surface area contributed by atoms with E-state index in [1.54, 1.807) is 24.3 Å². The zero-order chi connectivity index (χ0) is 38.6. The standard InChI is InChI=1S/C54H39NO2/c56-53-34-24-48(25-35-53)43-14-10-41(11-15-43)46-20-30-51(31-21-46)55(50-28-18-45(19-29-50)40-8-6-39(7-9-40)38-4-2-1-3-5-38)52-32-22-47(23-33-52)42-12-16-44(17-13-42)49-26-36-54(57)37-27-49/h1-37,56-57H. The minimum absolute atomic E-state index is 0.266. The third-order valence-electron chi connectivity index (χ3n) is 10.5. The van der Waals surface area contributed by atoms with Gasteiger partial charge in [-0.25, -0.2) is 0 Å². The summed E-state index contributed by atoms with van der Waals surface area (Å²) in [5.41, 5.74) is 16.8. The van der Waals surface area contributed by atoms with Crippen molar-refractivity contribution in [1.82, 2.24) is 0 Å². The Kier molecular flexibility index (Phi) is 9.62. The summed E-state index contributed by atoms with van der Waals surface area (Å²) >= 11 is 0. The van der Waals surface area contributed by atoms with Crippen molar-refractivity contribution in [2.24, 2.45) is 0 Å². The van der Waals surface area contributed by atoms with E-state index in [1.165, 1.54) is 16.7 Å². The number of nitrogens with zero attached hydrogens (tertiary/aromatic N) is 1. The summed E-state index contributed by atoms with van der Waals surface area (Å²) in [7, 11) is 0. The fourth-order valence-electron chi connectivity index (χ4n) is 7.36. The molecule has 0 atom stereocenters. The highest BCUT2D eigenvalue weighted by atomic mass is 16.3. The number of anilines is 3. The number of hydrogen-bond acceptors (Lipinski definition) is 3. The average molecular weight is 734 g/mol. The summed E-state index contributed by atoms with van der Waals surface area (Å²) in [5, 5.41) is 19.4. The number of phenolic OH excluding ortho intramolecular Hbond substituents is 2. The van der Waals surface area contributed by atoms with Crippen LogP contribution >= 0.6 is 0 Å². The van der Waals surface area contributed by atoms with E-state index in [2.05, 4.69) is 175 Å². The zero-order valence-corrected chi connectivity index (χ0v) is 31.2. The number of rotatable bonds is 9. The molecule has 0 fully saturated rings. The van der Waals surface area contributed by atoms with Crippen molar-refractivity contribution in [2.75, 3.05) is 4.90 Å². The SMILES string of the molecule is Oc1ccc(-c2ccc(-c3ccc(N(c4ccc(-c5ccc(-c6ccccc6)cc5)cc4)c4ccc(-c5ccc(-c6ccc(O)cc6)cc5)cc4)cc3)cc2)cc1. The molecule has 9 aromatic rings. The highest BCUT2D eigenvalue weighted by Gasteiger charge is 2.14. The Balaban J connectivity index is 1.01. The maximum atomic E-state index is 9.70. The van der Waals surface area contributed by atoms with Gasteiger partial charge in [0.2, 0.25) is 0 Å². The van der Waals surface area contributed by atoms with Gasteiger partial charge in [-0.05, 0) is 127 Å². The lowest BCUT2D eigenvalue weighted by Gasteiger charge is -2.26. The van der Waals surface area contributed by atoms with Gasteiger partial charge in [0.1, 0.15) is 11.5 Å². The van der Waals surface area contributed by atoms with Crippen molar-refractivity contribution in [3.05, 3.63) is 224 Å². The molecular weight excluding hydrogens is 695 g/mol. The molecule has 0 heterocycles. The fourth-order valence-corrected chi connectivity index (χ4v) is 7.36. The smallest absolute Gasteiger partial charge is 0.115 e. The Morgan fingerprint density at radius 1 is 0.193 bits per heavy atom. The van der Waals surface area contributed by atoms with Crippen LogP contribution < -0.4 is 4.90 Å². The predicted octanol–water partition coefficient (Wildman–Crippen LogP) is 14.6. The van der Waals surface area contributed by atoms with Gasteiger partial charge >= 0.3 is 0 Å². The molecule has 0 aliphatic rings. The van der Waals surface area contributed by atoms with Gasteiger partial charge in [0, 0.05) is 17.1 Å². The molecule has 2 N–H and O–H groups in total. The lowest BCUT2D eigenvalue weighted by molar-refractivity contribution is 0.475.